The average Bonchev–Trinajstić information content (AvgIpc) is 3.59. The van der Waals surface area contributed by atoms with E-state index in [1.807, 2.05) is 70.6 Å². The highest BCUT2D eigenvalue weighted by atomic mass is 35.5. The lowest BCUT2D eigenvalue weighted by Gasteiger charge is -2.08. The number of thiazole rings is 1. The van der Waals surface area contributed by atoms with Crippen molar-refractivity contribution in [2.75, 3.05) is 11.1 Å². The molecule has 7 nitrogen and oxygen atoms in total. The second-order valence-corrected chi connectivity index (χ2v) is 9.02. The van der Waals surface area contributed by atoms with Crippen LogP contribution < -0.4 is 5.32 Å². The number of para-hydroxylation sites is 1. The standard InChI is InChI=1S/C23H16ClN5O2S2/c24-17-10-5-4-9-16(17)18-13-32-22(25-18)26-20(30)14-33-23-28-27-21(19-11-6-12-31-19)29(23)15-7-2-1-3-8-15/h1-13H,14H2,(H,25,26,30). The summed E-state index contributed by atoms with van der Waals surface area (Å²) >= 11 is 8.88. The largest absolute Gasteiger partial charge is 0.461 e. The van der Waals surface area contributed by atoms with Gasteiger partial charge in [-0.05, 0) is 30.3 Å². The fourth-order valence-corrected chi connectivity index (χ4v) is 4.86. The van der Waals surface area contributed by atoms with Gasteiger partial charge in [0.25, 0.3) is 0 Å². The summed E-state index contributed by atoms with van der Waals surface area (Å²) in [7, 11) is 0. The van der Waals surface area contributed by atoms with Crippen molar-refractivity contribution in [1.82, 2.24) is 19.7 Å². The SMILES string of the molecule is O=C(CSc1nnc(-c2ccco2)n1-c1ccccc1)Nc1nc(-c2ccccc2Cl)cs1. The summed E-state index contributed by atoms with van der Waals surface area (Å²) in [6, 6.07) is 20.8. The van der Waals surface area contributed by atoms with E-state index in [4.69, 9.17) is 16.0 Å². The zero-order valence-corrected chi connectivity index (χ0v) is 19.4. The minimum atomic E-state index is -0.192. The molecule has 0 aliphatic rings. The van der Waals surface area contributed by atoms with Gasteiger partial charge in [-0.15, -0.1) is 21.5 Å². The number of hydrogen-bond donors (Lipinski definition) is 1. The molecule has 1 N–H and O–H groups in total. The van der Waals surface area contributed by atoms with Crippen molar-refractivity contribution < 1.29 is 9.21 Å². The molecule has 5 rings (SSSR count). The lowest BCUT2D eigenvalue weighted by molar-refractivity contribution is -0.113. The molecule has 0 unspecified atom stereocenters. The van der Waals surface area contributed by atoms with Gasteiger partial charge in [0.2, 0.25) is 11.7 Å². The normalized spacial score (nSPS) is 10.9. The number of aromatic nitrogens is 4. The molecule has 33 heavy (non-hydrogen) atoms. The molecule has 0 spiro atoms. The topological polar surface area (TPSA) is 85.8 Å². The van der Waals surface area contributed by atoms with Crippen LogP contribution in [0.3, 0.4) is 0 Å². The monoisotopic (exact) mass is 493 g/mol. The van der Waals surface area contributed by atoms with E-state index in [1.165, 1.54) is 23.1 Å². The smallest absolute Gasteiger partial charge is 0.236 e. The van der Waals surface area contributed by atoms with Gasteiger partial charge >= 0.3 is 0 Å². The van der Waals surface area contributed by atoms with Crippen LogP contribution in [0.1, 0.15) is 0 Å². The Morgan fingerprint density at radius 1 is 1.06 bits per heavy atom. The molecule has 0 saturated heterocycles. The minimum Gasteiger partial charge on any atom is -0.461 e. The number of hydrogen-bond acceptors (Lipinski definition) is 7. The van der Waals surface area contributed by atoms with E-state index in [0.29, 0.717) is 26.9 Å². The van der Waals surface area contributed by atoms with Crippen LogP contribution in [0.25, 0.3) is 28.5 Å². The van der Waals surface area contributed by atoms with E-state index in [-0.39, 0.29) is 11.7 Å². The van der Waals surface area contributed by atoms with Crippen molar-refractivity contribution in [3.63, 3.8) is 0 Å². The van der Waals surface area contributed by atoms with E-state index < -0.39 is 0 Å². The number of anilines is 1. The number of benzene rings is 2. The van der Waals surface area contributed by atoms with Crippen molar-refractivity contribution in [2.45, 2.75) is 5.16 Å². The first-order chi connectivity index (χ1) is 16.2. The highest BCUT2D eigenvalue weighted by Gasteiger charge is 2.19. The third kappa shape index (κ3) is 4.70. The first-order valence-electron chi connectivity index (χ1n) is 9.87. The summed E-state index contributed by atoms with van der Waals surface area (Å²) in [6.45, 7) is 0. The summed E-state index contributed by atoms with van der Waals surface area (Å²) < 4.78 is 7.39. The maximum atomic E-state index is 12.6. The summed E-state index contributed by atoms with van der Waals surface area (Å²) in [4.78, 5) is 17.1. The predicted molar refractivity (Wildman–Crippen MR) is 131 cm³/mol. The first-order valence-corrected chi connectivity index (χ1v) is 12.1. The van der Waals surface area contributed by atoms with Gasteiger partial charge in [0.15, 0.2) is 16.0 Å². The Bertz CT molecular complexity index is 1380. The first kappa shape index (κ1) is 21.4. The van der Waals surface area contributed by atoms with Gasteiger partial charge in [0.05, 0.1) is 17.7 Å². The molecule has 3 heterocycles. The summed E-state index contributed by atoms with van der Waals surface area (Å²) in [5.41, 5.74) is 2.42. The summed E-state index contributed by atoms with van der Waals surface area (Å²) in [6.07, 6.45) is 1.59. The number of amides is 1. The molecule has 0 atom stereocenters. The molecule has 1 amide bonds. The van der Waals surface area contributed by atoms with Crippen molar-refractivity contribution >= 4 is 45.7 Å². The molecule has 164 valence electrons. The van der Waals surface area contributed by atoms with Crippen LogP contribution in [0.4, 0.5) is 5.13 Å². The third-order valence-electron chi connectivity index (χ3n) is 4.62. The lowest BCUT2D eigenvalue weighted by atomic mass is 10.2. The number of rotatable bonds is 7. The molecule has 0 bridgehead atoms. The predicted octanol–water partition coefficient (Wildman–Crippen LogP) is 6.04. The van der Waals surface area contributed by atoms with E-state index in [0.717, 1.165) is 16.9 Å². The van der Waals surface area contributed by atoms with Crippen molar-refractivity contribution in [2.24, 2.45) is 0 Å². The fourth-order valence-electron chi connectivity index (χ4n) is 3.15. The van der Waals surface area contributed by atoms with Crippen LogP contribution in [0.15, 0.2) is 87.9 Å². The van der Waals surface area contributed by atoms with Crippen LogP contribution in [0.5, 0.6) is 0 Å². The van der Waals surface area contributed by atoms with E-state index in [1.54, 1.807) is 12.3 Å². The number of carbonyl (C=O) groups is 1. The van der Waals surface area contributed by atoms with Crippen LogP contribution in [-0.2, 0) is 4.79 Å². The lowest BCUT2D eigenvalue weighted by Crippen LogP contribution is -2.14. The molecule has 0 aliphatic heterocycles. The van der Waals surface area contributed by atoms with Gasteiger partial charge in [0.1, 0.15) is 0 Å². The molecule has 3 aromatic heterocycles. The highest BCUT2D eigenvalue weighted by Crippen LogP contribution is 2.31. The van der Waals surface area contributed by atoms with Crippen LogP contribution >= 0.6 is 34.7 Å². The van der Waals surface area contributed by atoms with Crippen LogP contribution in [0, 0.1) is 0 Å². The number of nitrogens with zero attached hydrogens (tertiary/aromatic N) is 4. The van der Waals surface area contributed by atoms with Gasteiger partial charge in [-0.25, -0.2) is 4.98 Å². The third-order valence-corrected chi connectivity index (χ3v) is 6.64. The van der Waals surface area contributed by atoms with Crippen LogP contribution in [0.2, 0.25) is 5.02 Å². The molecule has 0 aliphatic carbocycles. The van der Waals surface area contributed by atoms with Crippen molar-refractivity contribution in [3.05, 3.63) is 83.4 Å². The molecule has 0 radical (unpaired) electrons. The second-order valence-electron chi connectivity index (χ2n) is 6.81. The molecule has 0 fully saturated rings. The van der Waals surface area contributed by atoms with E-state index in [2.05, 4.69) is 20.5 Å². The Balaban J connectivity index is 1.31. The van der Waals surface area contributed by atoms with Crippen LogP contribution in [-0.4, -0.2) is 31.4 Å². The second kappa shape index (κ2) is 9.62. The number of carbonyl (C=O) groups excluding carboxylic acids is 1. The molecule has 5 aromatic rings. The number of halogens is 1. The van der Waals surface area contributed by atoms with Gasteiger partial charge in [0, 0.05) is 21.7 Å². The average molecular weight is 494 g/mol. The summed E-state index contributed by atoms with van der Waals surface area (Å²) in [5.74, 6) is 1.11. The van der Waals surface area contributed by atoms with E-state index >= 15 is 0 Å². The Morgan fingerprint density at radius 3 is 2.67 bits per heavy atom. The van der Waals surface area contributed by atoms with Gasteiger partial charge in [-0.1, -0.05) is 59.8 Å². The van der Waals surface area contributed by atoms with E-state index in [9.17, 15) is 4.79 Å². The van der Waals surface area contributed by atoms with Gasteiger partial charge in [-0.3, -0.25) is 9.36 Å². The Hall–Kier alpha value is -3.40. The van der Waals surface area contributed by atoms with Gasteiger partial charge < -0.3 is 9.73 Å². The van der Waals surface area contributed by atoms with Crippen molar-refractivity contribution in [1.29, 1.82) is 0 Å². The molecule has 0 saturated carbocycles. The number of thioether (sulfide) groups is 1. The zero-order chi connectivity index (χ0) is 22.6. The number of nitrogens with one attached hydrogen (secondary N) is 1. The van der Waals surface area contributed by atoms with Gasteiger partial charge in [-0.2, -0.15) is 0 Å². The fraction of sp³-hybridized carbons (Fsp3) is 0.0435. The maximum Gasteiger partial charge on any atom is 0.236 e. The highest BCUT2D eigenvalue weighted by molar-refractivity contribution is 7.99. The maximum absolute atomic E-state index is 12.6. The minimum absolute atomic E-state index is 0.143. The quantitative estimate of drug-likeness (QED) is 0.278. The Morgan fingerprint density at radius 2 is 1.88 bits per heavy atom. The Labute approximate surface area is 202 Å². The molecular weight excluding hydrogens is 478 g/mol. The molecule has 10 heteroatoms. The molecular formula is C23H16ClN5O2S2. The Kier molecular flexibility index (Phi) is 6.25. The molecule has 2 aromatic carbocycles. The van der Waals surface area contributed by atoms with Crippen molar-refractivity contribution in [3.8, 4) is 28.5 Å². The summed E-state index contributed by atoms with van der Waals surface area (Å²) in [5, 5.41) is 15.0. The zero-order valence-electron chi connectivity index (χ0n) is 17.0. The number of furan rings is 1.